The first-order valence-electron chi connectivity index (χ1n) is 3.88. The zero-order chi connectivity index (χ0) is 9.02. The van der Waals surface area contributed by atoms with Gasteiger partial charge in [-0.05, 0) is 20.9 Å². The molecule has 0 fully saturated rings. The fourth-order valence-electron chi connectivity index (χ4n) is 0.721. The van der Waals surface area contributed by atoms with Crippen molar-refractivity contribution in [2.24, 2.45) is 5.92 Å². The molecule has 4 heteroatoms. The summed E-state index contributed by atoms with van der Waals surface area (Å²) in [5, 5.41) is 8.59. The highest BCUT2D eigenvalue weighted by molar-refractivity contribution is 5.85. The normalized spacial score (nSPS) is 12.8. The molecule has 0 aliphatic heterocycles. The SMILES string of the molecule is CC(CN(C)C(C)C)C(=O)O.Cl. The van der Waals surface area contributed by atoms with Crippen LogP contribution in [0, 0.1) is 5.92 Å². The van der Waals surface area contributed by atoms with Crippen molar-refractivity contribution in [3.63, 3.8) is 0 Å². The van der Waals surface area contributed by atoms with E-state index in [1.807, 2.05) is 11.9 Å². The van der Waals surface area contributed by atoms with E-state index in [4.69, 9.17) is 5.11 Å². The standard InChI is InChI=1S/C8H17NO2.ClH/c1-6(2)9(4)5-7(3)8(10)11;/h6-7H,5H2,1-4H3,(H,10,11);1H. The maximum Gasteiger partial charge on any atom is 0.307 e. The number of rotatable bonds is 4. The lowest BCUT2D eigenvalue weighted by molar-refractivity contribution is -0.141. The highest BCUT2D eigenvalue weighted by atomic mass is 35.5. The van der Waals surface area contributed by atoms with Gasteiger partial charge in [0, 0.05) is 12.6 Å². The van der Waals surface area contributed by atoms with Crippen LogP contribution in [-0.2, 0) is 4.79 Å². The van der Waals surface area contributed by atoms with Gasteiger partial charge < -0.3 is 10.0 Å². The van der Waals surface area contributed by atoms with E-state index in [0.717, 1.165) is 0 Å². The third kappa shape index (κ3) is 5.38. The molecule has 0 radical (unpaired) electrons. The van der Waals surface area contributed by atoms with Gasteiger partial charge in [0.2, 0.25) is 0 Å². The molecule has 0 spiro atoms. The van der Waals surface area contributed by atoms with Crippen molar-refractivity contribution >= 4 is 18.4 Å². The predicted octanol–water partition coefficient (Wildman–Crippen LogP) is 1.47. The van der Waals surface area contributed by atoms with Crippen molar-refractivity contribution in [3.8, 4) is 0 Å². The van der Waals surface area contributed by atoms with Crippen LogP contribution in [-0.4, -0.2) is 35.6 Å². The summed E-state index contributed by atoms with van der Waals surface area (Å²) >= 11 is 0. The van der Waals surface area contributed by atoms with Gasteiger partial charge in [-0.15, -0.1) is 12.4 Å². The molecule has 74 valence electrons. The van der Waals surface area contributed by atoms with Crippen LogP contribution in [0.15, 0.2) is 0 Å². The Labute approximate surface area is 80.2 Å². The van der Waals surface area contributed by atoms with Gasteiger partial charge in [-0.1, -0.05) is 6.92 Å². The van der Waals surface area contributed by atoms with Gasteiger partial charge in [0.1, 0.15) is 0 Å². The van der Waals surface area contributed by atoms with E-state index in [1.54, 1.807) is 6.92 Å². The van der Waals surface area contributed by atoms with Crippen LogP contribution in [0.4, 0.5) is 0 Å². The van der Waals surface area contributed by atoms with E-state index < -0.39 is 5.97 Å². The summed E-state index contributed by atoms with van der Waals surface area (Å²) in [7, 11) is 1.93. The lowest BCUT2D eigenvalue weighted by Gasteiger charge is -2.22. The largest absolute Gasteiger partial charge is 0.481 e. The quantitative estimate of drug-likeness (QED) is 0.739. The van der Waals surface area contributed by atoms with Gasteiger partial charge in [0.25, 0.3) is 0 Å². The zero-order valence-corrected chi connectivity index (χ0v) is 8.89. The first-order valence-corrected chi connectivity index (χ1v) is 3.88. The molecule has 12 heavy (non-hydrogen) atoms. The molecular formula is C8H18ClNO2. The Bertz CT molecular complexity index is 139. The second kappa shape index (κ2) is 6.26. The topological polar surface area (TPSA) is 40.5 Å². The molecular weight excluding hydrogens is 178 g/mol. The third-order valence-electron chi connectivity index (χ3n) is 1.86. The number of nitrogens with zero attached hydrogens (tertiary/aromatic N) is 1. The van der Waals surface area contributed by atoms with Crippen LogP contribution in [0.5, 0.6) is 0 Å². The molecule has 1 atom stereocenters. The van der Waals surface area contributed by atoms with E-state index in [2.05, 4.69) is 13.8 Å². The number of halogens is 1. The first kappa shape index (κ1) is 14.3. The molecule has 0 rings (SSSR count). The van der Waals surface area contributed by atoms with Gasteiger partial charge >= 0.3 is 5.97 Å². The zero-order valence-electron chi connectivity index (χ0n) is 8.07. The summed E-state index contributed by atoms with van der Waals surface area (Å²) in [5.41, 5.74) is 0. The van der Waals surface area contributed by atoms with Gasteiger partial charge in [-0.2, -0.15) is 0 Å². The molecule has 0 saturated carbocycles. The first-order chi connectivity index (χ1) is 4.95. The van der Waals surface area contributed by atoms with Crippen molar-refractivity contribution in [1.29, 1.82) is 0 Å². The Hall–Kier alpha value is -0.280. The molecule has 0 aromatic rings. The minimum absolute atomic E-state index is 0. The lowest BCUT2D eigenvalue weighted by Crippen LogP contribution is -2.33. The van der Waals surface area contributed by atoms with Gasteiger partial charge in [-0.25, -0.2) is 0 Å². The molecule has 0 aromatic carbocycles. The summed E-state index contributed by atoms with van der Waals surface area (Å²) in [6.07, 6.45) is 0. The predicted molar refractivity (Wildman–Crippen MR) is 51.8 cm³/mol. The Morgan fingerprint density at radius 2 is 1.83 bits per heavy atom. The molecule has 1 N–H and O–H groups in total. The van der Waals surface area contributed by atoms with E-state index in [9.17, 15) is 4.79 Å². The maximum absolute atomic E-state index is 10.4. The van der Waals surface area contributed by atoms with E-state index >= 15 is 0 Å². The second-order valence-corrected chi connectivity index (χ2v) is 3.27. The van der Waals surface area contributed by atoms with Crippen LogP contribution in [0.3, 0.4) is 0 Å². The Balaban J connectivity index is 0. The van der Waals surface area contributed by atoms with Crippen molar-refractivity contribution in [2.45, 2.75) is 26.8 Å². The summed E-state index contributed by atoms with van der Waals surface area (Å²) < 4.78 is 0. The van der Waals surface area contributed by atoms with Crippen molar-refractivity contribution in [2.75, 3.05) is 13.6 Å². The van der Waals surface area contributed by atoms with Crippen LogP contribution in [0.25, 0.3) is 0 Å². The van der Waals surface area contributed by atoms with Crippen LogP contribution < -0.4 is 0 Å². The number of carboxylic acids is 1. The lowest BCUT2D eigenvalue weighted by atomic mass is 10.1. The van der Waals surface area contributed by atoms with E-state index in [-0.39, 0.29) is 18.3 Å². The van der Waals surface area contributed by atoms with E-state index in [1.165, 1.54) is 0 Å². The monoisotopic (exact) mass is 195 g/mol. The van der Waals surface area contributed by atoms with Crippen molar-refractivity contribution in [1.82, 2.24) is 4.90 Å². The van der Waals surface area contributed by atoms with Crippen LogP contribution >= 0.6 is 12.4 Å². The fourth-order valence-corrected chi connectivity index (χ4v) is 0.721. The van der Waals surface area contributed by atoms with Gasteiger partial charge in [0.15, 0.2) is 0 Å². The fraction of sp³-hybridized carbons (Fsp3) is 0.875. The molecule has 0 saturated heterocycles. The molecule has 0 aliphatic rings. The summed E-state index contributed by atoms with van der Waals surface area (Å²) in [5.74, 6) is -1.00. The molecule has 0 aromatic heterocycles. The smallest absolute Gasteiger partial charge is 0.307 e. The number of hydrogen-bond donors (Lipinski definition) is 1. The average Bonchev–Trinajstić information content (AvgIpc) is 1.87. The summed E-state index contributed by atoms with van der Waals surface area (Å²) in [4.78, 5) is 12.5. The Kier molecular flexibility index (Phi) is 7.44. The highest BCUT2D eigenvalue weighted by Gasteiger charge is 2.14. The minimum atomic E-state index is -0.725. The summed E-state index contributed by atoms with van der Waals surface area (Å²) in [6.45, 7) is 6.44. The number of aliphatic carboxylic acids is 1. The molecule has 0 heterocycles. The highest BCUT2D eigenvalue weighted by Crippen LogP contribution is 2.01. The molecule has 3 nitrogen and oxygen atoms in total. The number of hydrogen-bond acceptors (Lipinski definition) is 2. The molecule has 0 aliphatic carbocycles. The van der Waals surface area contributed by atoms with E-state index in [0.29, 0.717) is 12.6 Å². The van der Waals surface area contributed by atoms with Gasteiger partial charge in [-0.3, -0.25) is 4.79 Å². The minimum Gasteiger partial charge on any atom is -0.481 e. The third-order valence-corrected chi connectivity index (χ3v) is 1.86. The Morgan fingerprint density at radius 3 is 2.08 bits per heavy atom. The second-order valence-electron chi connectivity index (χ2n) is 3.27. The molecule has 0 bridgehead atoms. The number of carbonyl (C=O) groups is 1. The van der Waals surface area contributed by atoms with Crippen molar-refractivity contribution in [3.05, 3.63) is 0 Å². The average molecular weight is 196 g/mol. The van der Waals surface area contributed by atoms with Crippen molar-refractivity contribution < 1.29 is 9.90 Å². The summed E-state index contributed by atoms with van der Waals surface area (Å²) in [6, 6.07) is 0.414. The van der Waals surface area contributed by atoms with Crippen LogP contribution in [0.2, 0.25) is 0 Å². The molecule has 1 unspecified atom stereocenters. The van der Waals surface area contributed by atoms with Crippen LogP contribution in [0.1, 0.15) is 20.8 Å². The maximum atomic E-state index is 10.4. The molecule has 0 amide bonds. The van der Waals surface area contributed by atoms with Gasteiger partial charge in [0.05, 0.1) is 5.92 Å². The number of carboxylic acid groups (broad SMARTS) is 1. The Morgan fingerprint density at radius 1 is 1.42 bits per heavy atom.